The van der Waals surface area contributed by atoms with Crippen molar-refractivity contribution in [2.45, 2.75) is 0 Å². The average Bonchev–Trinajstić information content (AvgIpc) is 2.30. The molecule has 0 amide bonds. The van der Waals surface area contributed by atoms with E-state index in [0.29, 0.717) is 0 Å². The lowest BCUT2D eigenvalue weighted by molar-refractivity contribution is -0.559. The minimum atomic E-state index is 0.935. The molecule has 0 aliphatic carbocycles. The highest BCUT2D eigenvalue weighted by Crippen LogP contribution is 2.15. The molecule has 0 N–H and O–H groups in total. The van der Waals surface area contributed by atoms with Gasteiger partial charge in [0.15, 0.2) is 0 Å². The van der Waals surface area contributed by atoms with Gasteiger partial charge in [0.05, 0.1) is 13.2 Å². The fourth-order valence-corrected chi connectivity index (χ4v) is 1.44. The van der Waals surface area contributed by atoms with Crippen molar-refractivity contribution >= 4 is 11.5 Å². The Bertz CT molecular complexity index is 304. The Morgan fingerprint density at radius 3 is 3.09 bits per heavy atom. The van der Waals surface area contributed by atoms with Crippen molar-refractivity contribution in [1.82, 2.24) is 0 Å². The molecule has 0 bridgehead atoms. The summed E-state index contributed by atoms with van der Waals surface area (Å²) in [6.07, 6.45) is 2.04. The van der Waals surface area contributed by atoms with Crippen LogP contribution in [0.4, 0.5) is 5.82 Å². The van der Waals surface area contributed by atoms with E-state index in [2.05, 4.69) is 29.2 Å². The molecule has 0 fully saturated rings. The summed E-state index contributed by atoms with van der Waals surface area (Å²) in [4.78, 5) is 2.18. The molecule has 0 atom stereocenters. The molecule has 1 aromatic rings. The molecule has 0 radical (unpaired) electrons. The van der Waals surface area contributed by atoms with Gasteiger partial charge in [0.1, 0.15) is 12.2 Å². The van der Waals surface area contributed by atoms with Crippen LogP contribution >= 0.6 is 0 Å². The first-order valence-corrected chi connectivity index (χ1v) is 3.69. The van der Waals surface area contributed by atoms with E-state index in [9.17, 15) is 0 Å². The van der Waals surface area contributed by atoms with Crippen LogP contribution in [0.25, 0.3) is 5.70 Å². The standard InChI is InChI=1S/C9H11N2/c1-8-7-10(2)9-5-3-4-6-11(8)9/h3-6H,1,7H2,2H3/q+1. The minimum absolute atomic E-state index is 0.935. The highest BCUT2D eigenvalue weighted by atomic mass is 15.3. The summed E-state index contributed by atoms with van der Waals surface area (Å²) >= 11 is 0. The van der Waals surface area contributed by atoms with E-state index < -0.39 is 0 Å². The Morgan fingerprint density at radius 1 is 1.55 bits per heavy atom. The highest BCUT2D eigenvalue weighted by molar-refractivity contribution is 5.50. The monoisotopic (exact) mass is 147 g/mol. The van der Waals surface area contributed by atoms with Gasteiger partial charge < -0.3 is 0 Å². The third-order valence-corrected chi connectivity index (χ3v) is 1.99. The summed E-state index contributed by atoms with van der Waals surface area (Å²) in [7, 11) is 2.07. The molecule has 0 aromatic carbocycles. The second-order valence-corrected chi connectivity index (χ2v) is 2.85. The number of fused-ring (bicyclic) bond motifs is 1. The van der Waals surface area contributed by atoms with E-state index in [0.717, 1.165) is 12.2 Å². The van der Waals surface area contributed by atoms with Gasteiger partial charge >= 0.3 is 0 Å². The summed E-state index contributed by atoms with van der Waals surface area (Å²) in [5.41, 5.74) is 1.14. The van der Waals surface area contributed by atoms with Gasteiger partial charge in [-0.2, -0.15) is 0 Å². The molecule has 0 saturated carbocycles. The summed E-state index contributed by atoms with van der Waals surface area (Å²) in [5.74, 6) is 1.22. The van der Waals surface area contributed by atoms with Gasteiger partial charge in [-0.05, 0) is 6.07 Å². The fourth-order valence-electron chi connectivity index (χ4n) is 1.44. The molecule has 0 saturated heterocycles. The molecule has 0 spiro atoms. The van der Waals surface area contributed by atoms with Crippen molar-refractivity contribution in [3.05, 3.63) is 31.0 Å². The van der Waals surface area contributed by atoms with Crippen molar-refractivity contribution in [1.29, 1.82) is 0 Å². The zero-order valence-electron chi connectivity index (χ0n) is 6.62. The number of anilines is 1. The number of aromatic nitrogens is 1. The van der Waals surface area contributed by atoms with E-state index in [1.807, 2.05) is 18.3 Å². The van der Waals surface area contributed by atoms with Crippen LogP contribution in [0.1, 0.15) is 0 Å². The van der Waals surface area contributed by atoms with Crippen LogP contribution in [-0.2, 0) is 0 Å². The predicted molar refractivity (Wildman–Crippen MR) is 45.2 cm³/mol. The van der Waals surface area contributed by atoms with Crippen LogP contribution in [0.5, 0.6) is 0 Å². The van der Waals surface area contributed by atoms with Gasteiger partial charge in [0, 0.05) is 6.07 Å². The van der Waals surface area contributed by atoms with E-state index >= 15 is 0 Å². The summed E-state index contributed by atoms with van der Waals surface area (Å²) in [5, 5.41) is 0. The zero-order valence-corrected chi connectivity index (χ0v) is 6.62. The van der Waals surface area contributed by atoms with Crippen molar-refractivity contribution in [2.75, 3.05) is 18.5 Å². The Morgan fingerprint density at radius 2 is 2.36 bits per heavy atom. The van der Waals surface area contributed by atoms with Crippen LogP contribution in [0.3, 0.4) is 0 Å². The van der Waals surface area contributed by atoms with E-state index in [1.54, 1.807) is 0 Å². The number of likely N-dealkylation sites (N-methyl/N-ethyl adjacent to an activating group) is 1. The average molecular weight is 147 g/mol. The van der Waals surface area contributed by atoms with Gasteiger partial charge in [-0.1, -0.05) is 12.6 Å². The molecule has 2 heteroatoms. The lowest BCUT2D eigenvalue weighted by Gasteiger charge is -1.98. The molecule has 1 aromatic heterocycles. The van der Waals surface area contributed by atoms with Crippen molar-refractivity contribution < 1.29 is 4.57 Å². The first kappa shape index (κ1) is 6.40. The maximum absolute atomic E-state index is 3.97. The van der Waals surface area contributed by atoms with Crippen LogP contribution in [-0.4, -0.2) is 13.6 Å². The van der Waals surface area contributed by atoms with E-state index in [1.165, 1.54) is 5.82 Å². The normalized spacial score (nSPS) is 15.4. The zero-order chi connectivity index (χ0) is 7.84. The molecule has 1 aliphatic rings. The lowest BCUT2D eigenvalue weighted by atomic mass is 10.4. The third kappa shape index (κ3) is 0.827. The molecule has 0 unspecified atom stereocenters. The largest absolute Gasteiger partial charge is 0.281 e. The van der Waals surface area contributed by atoms with Gasteiger partial charge in [0.25, 0.3) is 5.82 Å². The Kier molecular flexibility index (Phi) is 1.22. The van der Waals surface area contributed by atoms with E-state index in [4.69, 9.17) is 0 Å². The maximum Gasteiger partial charge on any atom is 0.281 e. The number of hydrogen-bond donors (Lipinski definition) is 0. The Hall–Kier alpha value is -1.31. The smallest absolute Gasteiger partial charge is 0.256 e. The molecule has 2 nitrogen and oxygen atoms in total. The first-order chi connectivity index (χ1) is 5.29. The quantitative estimate of drug-likeness (QED) is 0.494. The van der Waals surface area contributed by atoms with Crippen LogP contribution in [0.2, 0.25) is 0 Å². The van der Waals surface area contributed by atoms with Crippen molar-refractivity contribution in [3.8, 4) is 0 Å². The molecule has 1 aliphatic heterocycles. The molecular formula is C9H11N2+. The predicted octanol–water partition coefficient (Wildman–Crippen LogP) is 0.895. The van der Waals surface area contributed by atoms with Gasteiger partial charge in [-0.3, -0.25) is 4.90 Å². The highest BCUT2D eigenvalue weighted by Gasteiger charge is 2.25. The Balaban J connectivity index is 2.60. The van der Waals surface area contributed by atoms with Crippen molar-refractivity contribution in [3.63, 3.8) is 0 Å². The topological polar surface area (TPSA) is 7.12 Å². The number of rotatable bonds is 0. The number of pyridine rings is 1. The minimum Gasteiger partial charge on any atom is -0.256 e. The number of hydrogen-bond acceptors (Lipinski definition) is 1. The van der Waals surface area contributed by atoms with Crippen molar-refractivity contribution in [2.24, 2.45) is 0 Å². The van der Waals surface area contributed by atoms with Gasteiger partial charge in [-0.15, -0.1) is 0 Å². The molecular weight excluding hydrogens is 136 g/mol. The SMILES string of the molecule is C=C1CN(C)c2cccc[n+]21. The van der Waals surface area contributed by atoms with Crippen LogP contribution in [0, 0.1) is 0 Å². The van der Waals surface area contributed by atoms with E-state index in [-0.39, 0.29) is 0 Å². The van der Waals surface area contributed by atoms with Crippen LogP contribution < -0.4 is 9.47 Å². The maximum atomic E-state index is 3.97. The summed E-state index contributed by atoms with van der Waals surface area (Å²) < 4.78 is 2.11. The first-order valence-electron chi connectivity index (χ1n) is 3.69. The van der Waals surface area contributed by atoms with Gasteiger partial charge in [0.2, 0.25) is 0 Å². The van der Waals surface area contributed by atoms with Crippen LogP contribution in [0.15, 0.2) is 31.0 Å². The second kappa shape index (κ2) is 2.09. The number of nitrogens with zero attached hydrogens (tertiary/aromatic N) is 2. The third-order valence-electron chi connectivity index (χ3n) is 1.99. The molecule has 2 rings (SSSR count). The van der Waals surface area contributed by atoms with Gasteiger partial charge in [-0.25, -0.2) is 4.57 Å². The molecule has 11 heavy (non-hydrogen) atoms. The molecule has 2 heterocycles. The lowest BCUT2D eigenvalue weighted by Crippen LogP contribution is -2.28. The fraction of sp³-hybridized carbons (Fsp3) is 0.222. The summed E-state index contributed by atoms with van der Waals surface area (Å²) in [6, 6.07) is 6.16. The summed E-state index contributed by atoms with van der Waals surface area (Å²) in [6.45, 7) is 4.90. The Labute approximate surface area is 66.4 Å². The second-order valence-electron chi connectivity index (χ2n) is 2.85. The molecule has 56 valence electrons.